The minimum absolute atomic E-state index is 0.336. The van der Waals surface area contributed by atoms with Crippen molar-refractivity contribution in [1.82, 2.24) is 15.1 Å². The molecule has 1 aliphatic carbocycles. The quantitative estimate of drug-likeness (QED) is 0.788. The predicted octanol–water partition coefficient (Wildman–Crippen LogP) is 1.32. The van der Waals surface area contributed by atoms with Crippen LogP contribution >= 0.6 is 0 Å². The van der Waals surface area contributed by atoms with Crippen molar-refractivity contribution in [1.29, 1.82) is 0 Å². The first-order chi connectivity index (χ1) is 9.19. The Labute approximate surface area is 117 Å². The third kappa shape index (κ3) is 3.69. The number of hydrogen-bond donors (Lipinski definition) is 1. The van der Waals surface area contributed by atoms with Gasteiger partial charge in [-0.2, -0.15) is 0 Å². The molecular weight excluding hydrogens is 238 g/mol. The Bertz CT molecular complexity index is 304. The van der Waals surface area contributed by atoms with Crippen LogP contribution in [0.25, 0.3) is 0 Å². The molecule has 2 atom stereocenters. The fourth-order valence-electron chi connectivity index (χ4n) is 3.35. The molecule has 1 heterocycles. The van der Waals surface area contributed by atoms with Crippen LogP contribution < -0.4 is 5.32 Å². The second-order valence-corrected chi connectivity index (χ2v) is 6.00. The number of likely N-dealkylation sites (tertiary alicyclic amines) is 1. The fraction of sp³-hybridized carbons (Fsp3) is 0.933. The smallest absolute Gasteiger partial charge is 0.236 e. The lowest BCUT2D eigenvalue weighted by atomic mass is 9.90. The summed E-state index contributed by atoms with van der Waals surface area (Å²) in [5.41, 5.74) is 0. The van der Waals surface area contributed by atoms with Gasteiger partial charge in [-0.05, 0) is 39.2 Å². The molecule has 2 aliphatic rings. The molecule has 0 spiro atoms. The normalized spacial score (nSPS) is 28.4. The molecule has 4 nitrogen and oxygen atoms in total. The van der Waals surface area contributed by atoms with Crippen molar-refractivity contribution in [2.75, 3.05) is 33.2 Å². The number of rotatable bonds is 6. The van der Waals surface area contributed by atoms with Gasteiger partial charge in [0.05, 0.1) is 6.54 Å². The van der Waals surface area contributed by atoms with Crippen LogP contribution in [0, 0.1) is 5.92 Å². The van der Waals surface area contributed by atoms with E-state index in [0.29, 0.717) is 30.5 Å². The first kappa shape index (κ1) is 14.8. The number of nitrogens with one attached hydrogen (secondary N) is 1. The van der Waals surface area contributed by atoms with Gasteiger partial charge in [0.15, 0.2) is 0 Å². The monoisotopic (exact) mass is 267 g/mol. The first-order valence-electron chi connectivity index (χ1n) is 7.88. The van der Waals surface area contributed by atoms with Crippen molar-refractivity contribution in [2.24, 2.45) is 5.92 Å². The molecule has 110 valence electrons. The zero-order chi connectivity index (χ0) is 13.8. The molecule has 1 saturated carbocycles. The summed E-state index contributed by atoms with van der Waals surface area (Å²) in [5.74, 6) is 1.02. The molecule has 0 aromatic heterocycles. The van der Waals surface area contributed by atoms with Gasteiger partial charge in [-0.25, -0.2) is 0 Å². The highest BCUT2D eigenvalue weighted by atomic mass is 16.2. The lowest BCUT2D eigenvalue weighted by Gasteiger charge is -2.38. The van der Waals surface area contributed by atoms with Crippen LogP contribution in [0.1, 0.15) is 39.5 Å². The van der Waals surface area contributed by atoms with Gasteiger partial charge in [-0.1, -0.05) is 13.3 Å². The van der Waals surface area contributed by atoms with E-state index in [-0.39, 0.29) is 0 Å². The highest BCUT2D eigenvalue weighted by molar-refractivity contribution is 5.78. The summed E-state index contributed by atoms with van der Waals surface area (Å²) in [7, 11) is 2.06. The van der Waals surface area contributed by atoms with Crippen molar-refractivity contribution >= 4 is 5.91 Å². The number of piperidine rings is 1. The average Bonchev–Trinajstić information content (AvgIpc) is 3.24. The van der Waals surface area contributed by atoms with Gasteiger partial charge in [-0.3, -0.25) is 9.69 Å². The van der Waals surface area contributed by atoms with Crippen LogP contribution in [0.2, 0.25) is 0 Å². The minimum atomic E-state index is 0.336. The summed E-state index contributed by atoms with van der Waals surface area (Å²) in [6, 6.07) is 1.18. The lowest BCUT2D eigenvalue weighted by Crippen LogP contribution is -2.51. The number of likely N-dealkylation sites (N-methyl/N-ethyl adjacent to an activating group) is 1. The lowest BCUT2D eigenvalue weighted by molar-refractivity contribution is -0.133. The predicted molar refractivity (Wildman–Crippen MR) is 78.1 cm³/mol. The van der Waals surface area contributed by atoms with E-state index in [1.165, 1.54) is 19.3 Å². The van der Waals surface area contributed by atoms with Crippen molar-refractivity contribution < 1.29 is 4.79 Å². The van der Waals surface area contributed by atoms with Crippen molar-refractivity contribution in [3.8, 4) is 0 Å². The van der Waals surface area contributed by atoms with Gasteiger partial charge in [0, 0.05) is 31.7 Å². The first-order valence-corrected chi connectivity index (χ1v) is 7.88. The van der Waals surface area contributed by atoms with Gasteiger partial charge in [0.1, 0.15) is 0 Å². The van der Waals surface area contributed by atoms with Gasteiger partial charge < -0.3 is 10.2 Å². The summed E-state index contributed by atoms with van der Waals surface area (Å²) in [5, 5.41) is 3.42. The van der Waals surface area contributed by atoms with E-state index in [0.717, 1.165) is 26.1 Å². The van der Waals surface area contributed by atoms with Crippen LogP contribution in [0.5, 0.6) is 0 Å². The summed E-state index contributed by atoms with van der Waals surface area (Å²) in [6.45, 7) is 7.96. The van der Waals surface area contributed by atoms with Crippen LogP contribution in [-0.2, 0) is 4.79 Å². The Morgan fingerprint density at radius 3 is 2.58 bits per heavy atom. The molecule has 4 heteroatoms. The van der Waals surface area contributed by atoms with E-state index in [1.54, 1.807) is 0 Å². The van der Waals surface area contributed by atoms with Crippen molar-refractivity contribution in [2.45, 2.75) is 51.6 Å². The van der Waals surface area contributed by atoms with Crippen molar-refractivity contribution in [3.63, 3.8) is 0 Å². The Balaban J connectivity index is 1.83. The Morgan fingerprint density at radius 2 is 2.05 bits per heavy atom. The molecule has 0 aromatic rings. The third-order valence-electron chi connectivity index (χ3n) is 4.72. The number of carbonyl (C=O) groups excluding carboxylic acids is 1. The zero-order valence-electron chi connectivity index (χ0n) is 12.7. The second-order valence-electron chi connectivity index (χ2n) is 6.00. The number of hydrogen-bond acceptors (Lipinski definition) is 3. The highest BCUT2D eigenvalue weighted by Crippen LogP contribution is 2.27. The standard InChI is InChI=1S/C15H29N3O/c1-4-12-10-17(9-8-14(12)16-3)11-15(19)18(5-2)13-6-7-13/h12-14,16H,4-11H2,1-3H3. The van der Waals surface area contributed by atoms with Gasteiger partial charge in [-0.15, -0.1) is 0 Å². The van der Waals surface area contributed by atoms with Gasteiger partial charge >= 0.3 is 0 Å². The van der Waals surface area contributed by atoms with Crippen LogP contribution in [-0.4, -0.2) is 61.0 Å². The van der Waals surface area contributed by atoms with E-state index >= 15 is 0 Å². The molecule has 0 bridgehead atoms. The summed E-state index contributed by atoms with van der Waals surface area (Å²) < 4.78 is 0. The topological polar surface area (TPSA) is 35.6 Å². The summed E-state index contributed by atoms with van der Waals surface area (Å²) in [4.78, 5) is 16.8. The Morgan fingerprint density at radius 1 is 1.32 bits per heavy atom. The molecule has 2 fully saturated rings. The number of nitrogens with zero attached hydrogens (tertiary/aromatic N) is 2. The molecule has 2 rings (SSSR count). The summed E-state index contributed by atoms with van der Waals surface area (Å²) >= 11 is 0. The molecule has 0 aromatic carbocycles. The highest BCUT2D eigenvalue weighted by Gasteiger charge is 2.33. The largest absolute Gasteiger partial charge is 0.339 e. The third-order valence-corrected chi connectivity index (χ3v) is 4.72. The molecule has 2 unspecified atom stereocenters. The van der Waals surface area contributed by atoms with Crippen LogP contribution in [0.4, 0.5) is 0 Å². The second kappa shape index (κ2) is 6.71. The molecule has 0 radical (unpaired) electrons. The van der Waals surface area contributed by atoms with Gasteiger partial charge in [0.25, 0.3) is 0 Å². The number of carbonyl (C=O) groups is 1. The van der Waals surface area contributed by atoms with Gasteiger partial charge in [0.2, 0.25) is 5.91 Å². The minimum Gasteiger partial charge on any atom is -0.339 e. The average molecular weight is 267 g/mol. The SMILES string of the molecule is CCC1CN(CC(=O)N(CC)C2CC2)CCC1NC. The van der Waals surface area contributed by atoms with Crippen molar-refractivity contribution in [3.05, 3.63) is 0 Å². The molecule has 1 aliphatic heterocycles. The molecule has 1 amide bonds. The maximum absolute atomic E-state index is 12.3. The molecule has 19 heavy (non-hydrogen) atoms. The van der Waals surface area contributed by atoms with E-state index < -0.39 is 0 Å². The van der Waals surface area contributed by atoms with E-state index in [9.17, 15) is 4.79 Å². The van der Waals surface area contributed by atoms with E-state index in [2.05, 4.69) is 36.0 Å². The fourth-order valence-corrected chi connectivity index (χ4v) is 3.35. The Kier molecular flexibility index (Phi) is 5.22. The molecule has 1 saturated heterocycles. The van der Waals surface area contributed by atoms with Crippen LogP contribution in [0.3, 0.4) is 0 Å². The molecular formula is C15H29N3O. The molecule has 1 N–H and O–H groups in total. The zero-order valence-corrected chi connectivity index (χ0v) is 12.7. The van der Waals surface area contributed by atoms with Crippen LogP contribution in [0.15, 0.2) is 0 Å². The maximum Gasteiger partial charge on any atom is 0.236 e. The Hall–Kier alpha value is -0.610. The van der Waals surface area contributed by atoms with E-state index in [1.807, 2.05) is 0 Å². The summed E-state index contributed by atoms with van der Waals surface area (Å²) in [6.07, 6.45) is 4.77. The maximum atomic E-state index is 12.3. The number of amides is 1. The van der Waals surface area contributed by atoms with E-state index in [4.69, 9.17) is 0 Å².